The minimum absolute atomic E-state index is 0.0221. The van der Waals surface area contributed by atoms with Crippen LogP contribution in [0.4, 0.5) is 0 Å². The lowest BCUT2D eigenvalue weighted by Crippen LogP contribution is -2.51. The van der Waals surface area contributed by atoms with Gasteiger partial charge in [0.2, 0.25) is 11.8 Å². The minimum Gasteiger partial charge on any atom is -0.378 e. The zero-order valence-electron chi connectivity index (χ0n) is 14.8. The van der Waals surface area contributed by atoms with Gasteiger partial charge in [-0.05, 0) is 39.7 Å². The molecule has 0 aromatic rings. The Hall–Kier alpha value is -1.14. The van der Waals surface area contributed by atoms with Crippen LogP contribution < -0.4 is 5.32 Å². The van der Waals surface area contributed by atoms with Gasteiger partial charge in [-0.2, -0.15) is 0 Å². The van der Waals surface area contributed by atoms with Crippen LogP contribution in [0, 0.1) is 5.92 Å². The first-order valence-corrected chi connectivity index (χ1v) is 8.81. The molecular formula is C17H31N3O3. The molecule has 0 aromatic carbocycles. The second kappa shape index (κ2) is 8.11. The largest absolute Gasteiger partial charge is 0.378 e. The predicted octanol–water partition coefficient (Wildman–Crippen LogP) is 0.862. The van der Waals surface area contributed by atoms with Crippen LogP contribution in [0.2, 0.25) is 0 Å². The van der Waals surface area contributed by atoms with Gasteiger partial charge in [0.15, 0.2) is 0 Å². The smallest absolute Gasteiger partial charge is 0.234 e. The number of likely N-dealkylation sites (tertiary alicyclic amines) is 1. The molecule has 2 aliphatic heterocycles. The van der Waals surface area contributed by atoms with E-state index in [1.807, 2.05) is 18.7 Å². The fourth-order valence-corrected chi connectivity index (χ4v) is 3.15. The van der Waals surface area contributed by atoms with Gasteiger partial charge < -0.3 is 15.0 Å². The van der Waals surface area contributed by atoms with E-state index in [9.17, 15) is 9.59 Å². The molecule has 0 aliphatic carbocycles. The van der Waals surface area contributed by atoms with Crippen molar-refractivity contribution in [2.45, 2.75) is 45.6 Å². The van der Waals surface area contributed by atoms with Crippen LogP contribution in [0.15, 0.2) is 0 Å². The molecule has 2 heterocycles. The number of hydrogen-bond donors (Lipinski definition) is 1. The summed E-state index contributed by atoms with van der Waals surface area (Å²) in [5.41, 5.74) is -0.171. The van der Waals surface area contributed by atoms with Crippen LogP contribution in [-0.4, -0.2) is 73.1 Å². The Balaban J connectivity index is 1.83. The summed E-state index contributed by atoms with van der Waals surface area (Å²) in [6.07, 6.45) is 2.80. The summed E-state index contributed by atoms with van der Waals surface area (Å²) in [7, 11) is 0. The molecule has 2 amide bonds. The minimum atomic E-state index is -0.171. The number of rotatable bonds is 5. The third-order valence-electron chi connectivity index (χ3n) is 4.91. The zero-order chi connectivity index (χ0) is 16.9. The molecule has 2 saturated heterocycles. The van der Waals surface area contributed by atoms with Gasteiger partial charge in [0.1, 0.15) is 0 Å². The molecule has 0 radical (unpaired) electrons. The van der Waals surface area contributed by atoms with Crippen LogP contribution in [-0.2, 0) is 14.3 Å². The highest BCUT2D eigenvalue weighted by atomic mass is 16.5. The molecule has 1 atom stereocenters. The van der Waals surface area contributed by atoms with E-state index in [-0.39, 0.29) is 23.3 Å². The lowest BCUT2D eigenvalue weighted by molar-refractivity contribution is -0.142. The maximum absolute atomic E-state index is 12.6. The Morgan fingerprint density at radius 1 is 1.22 bits per heavy atom. The van der Waals surface area contributed by atoms with E-state index >= 15 is 0 Å². The van der Waals surface area contributed by atoms with Gasteiger partial charge in [-0.25, -0.2) is 0 Å². The van der Waals surface area contributed by atoms with E-state index in [1.54, 1.807) is 0 Å². The lowest BCUT2D eigenvalue weighted by Gasteiger charge is -2.36. The number of nitrogens with zero attached hydrogens (tertiary/aromatic N) is 2. The van der Waals surface area contributed by atoms with Crippen molar-refractivity contribution in [1.82, 2.24) is 15.1 Å². The molecule has 6 nitrogen and oxygen atoms in total. The zero-order valence-corrected chi connectivity index (χ0v) is 14.8. The molecule has 0 bridgehead atoms. The summed E-state index contributed by atoms with van der Waals surface area (Å²) in [5, 5.41) is 3.07. The number of ether oxygens (including phenoxy) is 1. The summed E-state index contributed by atoms with van der Waals surface area (Å²) in [4.78, 5) is 28.8. The highest BCUT2D eigenvalue weighted by Gasteiger charge is 2.31. The van der Waals surface area contributed by atoms with E-state index in [2.05, 4.69) is 17.1 Å². The molecule has 0 spiro atoms. The highest BCUT2D eigenvalue weighted by molar-refractivity contribution is 5.80. The molecule has 0 saturated carbocycles. The van der Waals surface area contributed by atoms with Gasteiger partial charge in [-0.15, -0.1) is 0 Å². The topological polar surface area (TPSA) is 61.9 Å². The average Bonchev–Trinajstić information content (AvgIpc) is 2.54. The highest BCUT2D eigenvalue weighted by Crippen LogP contribution is 2.19. The second-order valence-electron chi connectivity index (χ2n) is 7.30. The van der Waals surface area contributed by atoms with E-state index in [0.29, 0.717) is 39.4 Å². The van der Waals surface area contributed by atoms with Crippen molar-refractivity contribution in [1.29, 1.82) is 0 Å². The number of piperidine rings is 1. The maximum atomic E-state index is 12.6. The molecule has 2 rings (SSSR count). The molecule has 23 heavy (non-hydrogen) atoms. The Morgan fingerprint density at radius 3 is 2.57 bits per heavy atom. The Bertz CT molecular complexity index is 419. The normalized spacial score (nSPS) is 23.6. The van der Waals surface area contributed by atoms with Crippen molar-refractivity contribution < 1.29 is 14.3 Å². The van der Waals surface area contributed by atoms with E-state index in [4.69, 9.17) is 4.74 Å². The number of morpholine rings is 1. The number of hydrogen-bond acceptors (Lipinski definition) is 4. The fourth-order valence-electron chi connectivity index (χ4n) is 3.15. The monoisotopic (exact) mass is 325 g/mol. The van der Waals surface area contributed by atoms with E-state index in [0.717, 1.165) is 25.8 Å². The molecule has 132 valence electrons. The standard InChI is InChI=1S/C17H31N3O3/c1-4-17(2,3)18-15(21)13-19-7-5-6-14(12-19)16(22)20-8-10-23-11-9-20/h14H,4-13H2,1-3H3,(H,18,21). The van der Waals surface area contributed by atoms with Crippen molar-refractivity contribution >= 4 is 11.8 Å². The van der Waals surface area contributed by atoms with Crippen molar-refractivity contribution in [3.8, 4) is 0 Å². The first kappa shape index (κ1) is 18.2. The van der Waals surface area contributed by atoms with Crippen molar-refractivity contribution in [3.05, 3.63) is 0 Å². The quantitative estimate of drug-likeness (QED) is 0.814. The van der Waals surface area contributed by atoms with E-state index < -0.39 is 0 Å². The third-order valence-corrected chi connectivity index (χ3v) is 4.91. The van der Waals surface area contributed by atoms with E-state index in [1.165, 1.54) is 0 Å². The van der Waals surface area contributed by atoms with Crippen molar-refractivity contribution in [3.63, 3.8) is 0 Å². The molecule has 2 fully saturated rings. The van der Waals surface area contributed by atoms with Crippen LogP contribution >= 0.6 is 0 Å². The van der Waals surface area contributed by atoms with Gasteiger partial charge in [-0.3, -0.25) is 14.5 Å². The van der Waals surface area contributed by atoms with Crippen LogP contribution in [0.25, 0.3) is 0 Å². The first-order chi connectivity index (χ1) is 10.9. The van der Waals surface area contributed by atoms with Crippen LogP contribution in [0.5, 0.6) is 0 Å². The van der Waals surface area contributed by atoms with Gasteiger partial charge >= 0.3 is 0 Å². The Kier molecular flexibility index (Phi) is 6.41. The summed E-state index contributed by atoms with van der Waals surface area (Å²) >= 11 is 0. The fraction of sp³-hybridized carbons (Fsp3) is 0.882. The number of carbonyl (C=O) groups excluding carboxylic acids is 2. The predicted molar refractivity (Wildman–Crippen MR) is 89.1 cm³/mol. The third kappa shape index (κ3) is 5.46. The van der Waals surface area contributed by atoms with Crippen LogP contribution in [0.1, 0.15) is 40.0 Å². The summed E-state index contributed by atoms with van der Waals surface area (Å²) in [5.74, 6) is 0.303. The molecule has 1 unspecified atom stereocenters. The summed E-state index contributed by atoms with van der Waals surface area (Å²) in [6.45, 7) is 10.8. The lowest BCUT2D eigenvalue weighted by atomic mass is 9.96. The van der Waals surface area contributed by atoms with Gasteiger partial charge in [0, 0.05) is 25.2 Å². The average molecular weight is 325 g/mol. The number of nitrogens with one attached hydrogen (secondary N) is 1. The first-order valence-electron chi connectivity index (χ1n) is 8.81. The molecule has 6 heteroatoms. The molecular weight excluding hydrogens is 294 g/mol. The van der Waals surface area contributed by atoms with Gasteiger partial charge in [0.05, 0.1) is 25.7 Å². The Labute approximate surface area is 139 Å². The number of carbonyl (C=O) groups is 2. The Morgan fingerprint density at radius 2 is 1.91 bits per heavy atom. The second-order valence-corrected chi connectivity index (χ2v) is 7.30. The van der Waals surface area contributed by atoms with Gasteiger partial charge in [0.25, 0.3) is 0 Å². The van der Waals surface area contributed by atoms with Gasteiger partial charge in [-0.1, -0.05) is 6.92 Å². The molecule has 2 aliphatic rings. The summed E-state index contributed by atoms with van der Waals surface area (Å²) in [6, 6.07) is 0. The summed E-state index contributed by atoms with van der Waals surface area (Å²) < 4.78 is 5.31. The van der Waals surface area contributed by atoms with Crippen molar-refractivity contribution in [2.24, 2.45) is 5.92 Å². The number of amides is 2. The van der Waals surface area contributed by atoms with Crippen LogP contribution in [0.3, 0.4) is 0 Å². The SMILES string of the molecule is CCC(C)(C)NC(=O)CN1CCCC(C(=O)N2CCOCC2)C1. The molecule has 0 aromatic heterocycles. The maximum Gasteiger partial charge on any atom is 0.234 e. The molecule has 1 N–H and O–H groups in total. The van der Waals surface area contributed by atoms with Crippen molar-refractivity contribution in [2.75, 3.05) is 45.9 Å².